The molecule has 104 valence electrons. The van der Waals surface area contributed by atoms with Crippen molar-refractivity contribution in [3.63, 3.8) is 0 Å². The number of ether oxygens (including phenoxy) is 2. The van der Waals surface area contributed by atoms with Crippen molar-refractivity contribution in [2.24, 2.45) is 0 Å². The van der Waals surface area contributed by atoms with Gasteiger partial charge in [0, 0.05) is 19.6 Å². The molecule has 2 unspecified atom stereocenters. The first-order chi connectivity index (χ1) is 8.74. The second-order valence-corrected chi connectivity index (χ2v) is 5.06. The van der Waals surface area contributed by atoms with E-state index >= 15 is 0 Å². The Kier molecular flexibility index (Phi) is 4.97. The molecule has 0 aromatic rings. The molecule has 2 heterocycles. The lowest BCUT2D eigenvalue weighted by Gasteiger charge is -2.35. The van der Waals surface area contributed by atoms with Gasteiger partial charge in [-0.2, -0.15) is 0 Å². The van der Waals surface area contributed by atoms with Gasteiger partial charge in [0.15, 0.2) is 0 Å². The summed E-state index contributed by atoms with van der Waals surface area (Å²) in [5.74, 6) is -0.101. The van der Waals surface area contributed by atoms with Gasteiger partial charge in [-0.15, -0.1) is 0 Å². The Balaban J connectivity index is 1.86. The fourth-order valence-electron chi connectivity index (χ4n) is 2.89. The summed E-state index contributed by atoms with van der Waals surface area (Å²) in [6, 6.07) is -0.0596. The minimum Gasteiger partial charge on any atom is -0.468 e. The zero-order chi connectivity index (χ0) is 13.0. The largest absolute Gasteiger partial charge is 0.468 e. The van der Waals surface area contributed by atoms with Crippen LogP contribution < -0.4 is 0 Å². The van der Waals surface area contributed by atoms with Crippen LogP contribution >= 0.6 is 0 Å². The molecule has 0 aromatic heterocycles. The van der Waals surface area contributed by atoms with Gasteiger partial charge in [0.25, 0.3) is 0 Å². The molecule has 2 fully saturated rings. The summed E-state index contributed by atoms with van der Waals surface area (Å²) < 4.78 is 10.7. The van der Waals surface area contributed by atoms with Crippen LogP contribution in [0.3, 0.4) is 0 Å². The summed E-state index contributed by atoms with van der Waals surface area (Å²) in [4.78, 5) is 16.3. The minimum absolute atomic E-state index is 0.0596. The van der Waals surface area contributed by atoms with Crippen molar-refractivity contribution in [2.45, 2.75) is 31.9 Å². The first-order valence-corrected chi connectivity index (χ1v) is 6.90. The highest BCUT2D eigenvalue weighted by Gasteiger charge is 2.33. The predicted molar refractivity (Wildman–Crippen MR) is 68.5 cm³/mol. The number of morpholine rings is 1. The van der Waals surface area contributed by atoms with Gasteiger partial charge in [0.05, 0.1) is 19.8 Å². The first kappa shape index (κ1) is 13.8. The number of hydrogen-bond acceptors (Lipinski definition) is 5. The van der Waals surface area contributed by atoms with E-state index in [1.54, 1.807) is 0 Å². The monoisotopic (exact) mass is 256 g/mol. The maximum Gasteiger partial charge on any atom is 0.323 e. The van der Waals surface area contributed by atoms with E-state index in [1.807, 2.05) is 0 Å². The number of rotatable bonds is 4. The van der Waals surface area contributed by atoms with Crippen LogP contribution in [-0.4, -0.2) is 74.4 Å². The molecule has 2 saturated heterocycles. The van der Waals surface area contributed by atoms with E-state index in [1.165, 1.54) is 7.11 Å². The second kappa shape index (κ2) is 6.50. The Morgan fingerprint density at radius 2 is 2.28 bits per heavy atom. The number of hydrogen-bond donors (Lipinski definition) is 0. The van der Waals surface area contributed by atoms with Crippen LogP contribution in [0.25, 0.3) is 0 Å². The van der Waals surface area contributed by atoms with Crippen LogP contribution in [0, 0.1) is 0 Å². The van der Waals surface area contributed by atoms with Crippen LogP contribution in [0.5, 0.6) is 0 Å². The Labute approximate surface area is 109 Å². The van der Waals surface area contributed by atoms with Gasteiger partial charge in [0.1, 0.15) is 6.04 Å². The molecule has 0 aliphatic carbocycles. The van der Waals surface area contributed by atoms with Gasteiger partial charge in [-0.3, -0.25) is 14.6 Å². The first-order valence-electron chi connectivity index (χ1n) is 6.90. The van der Waals surface area contributed by atoms with Crippen molar-refractivity contribution in [1.29, 1.82) is 0 Å². The topological polar surface area (TPSA) is 42.0 Å². The molecule has 0 saturated carbocycles. The molecule has 18 heavy (non-hydrogen) atoms. The highest BCUT2D eigenvalue weighted by atomic mass is 16.5. The average Bonchev–Trinajstić information content (AvgIpc) is 2.86. The summed E-state index contributed by atoms with van der Waals surface area (Å²) in [5.41, 5.74) is 0. The third kappa shape index (κ3) is 3.22. The number of nitrogens with zero attached hydrogens (tertiary/aromatic N) is 2. The fourth-order valence-corrected chi connectivity index (χ4v) is 2.89. The summed E-state index contributed by atoms with van der Waals surface area (Å²) in [5, 5.41) is 0. The summed E-state index contributed by atoms with van der Waals surface area (Å²) in [6.07, 6.45) is 2.21. The van der Waals surface area contributed by atoms with Crippen LogP contribution in [0.15, 0.2) is 0 Å². The number of likely N-dealkylation sites (tertiary alicyclic amines) is 1. The quantitative estimate of drug-likeness (QED) is 0.679. The third-order valence-electron chi connectivity index (χ3n) is 3.95. The van der Waals surface area contributed by atoms with Crippen molar-refractivity contribution < 1.29 is 14.3 Å². The molecule has 0 aromatic carbocycles. The SMILES string of the molecule is CCN1CCOC(CN2CCCC2C(=O)OC)C1. The standard InChI is InChI=1S/C13H24N2O3/c1-3-14-7-8-18-11(9-14)10-15-6-4-5-12(15)13(16)17-2/h11-12H,3-10H2,1-2H3. The van der Waals surface area contributed by atoms with Gasteiger partial charge in [-0.1, -0.05) is 6.92 Å². The number of carbonyl (C=O) groups is 1. The molecule has 2 aliphatic heterocycles. The zero-order valence-corrected chi connectivity index (χ0v) is 11.4. The lowest BCUT2D eigenvalue weighted by molar-refractivity contribution is -0.146. The van der Waals surface area contributed by atoms with E-state index in [9.17, 15) is 4.79 Å². The molecule has 0 N–H and O–H groups in total. The molecular weight excluding hydrogens is 232 g/mol. The van der Waals surface area contributed by atoms with Gasteiger partial charge in [0.2, 0.25) is 0 Å². The van der Waals surface area contributed by atoms with Crippen molar-refractivity contribution >= 4 is 5.97 Å². The summed E-state index contributed by atoms with van der Waals surface area (Å²) >= 11 is 0. The number of methoxy groups -OCH3 is 1. The number of esters is 1. The van der Waals surface area contributed by atoms with E-state index in [2.05, 4.69) is 16.7 Å². The van der Waals surface area contributed by atoms with E-state index < -0.39 is 0 Å². The predicted octanol–water partition coefficient (Wildman–Crippen LogP) is 0.345. The minimum atomic E-state index is -0.101. The zero-order valence-electron chi connectivity index (χ0n) is 11.4. The molecule has 5 nitrogen and oxygen atoms in total. The van der Waals surface area contributed by atoms with Crippen LogP contribution in [0.4, 0.5) is 0 Å². The lowest BCUT2D eigenvalue weighted by Crippen LogP contribution is -2.49. The van der Waals surface area contributed by atoms with Gasteiger partial charge < -0.3 is 9.47 Å². The third-order valence-corrected chi connectivity index (χ3v) is 3.95. The van der Waals surface area contributed by atoms with Crippen molar-refractivity contribution in [1.82, 2.24) is 9.80 Å². The Bertz CT molecular complexity index is 285. The average molecular weight is 256 g/mol. The molecule has 5 heteroatoms. The van der Waals surface area contributed by atoms with Crippen molar-refractivity contribution in [3.05, 3.63) is 0 Å². The maximum absolute atomic E-state index is 11.7. The van der Waals surface area contributed by atoms with Crippen LogP contribution in [0.1, 0.15) is 19.8 Å². The highest BCUT2D eigenvalue weighted by molar-refractivity contribution is 5.75. The lowest BCUT2D eigenvalue weighted by atomic mass is 10.2. The van der Waals surface area contributed by atoms with Crippen molar-refractivity contribution in [3.8, 4) is 0 Å². The number of likely N-dealkylation sites (N-methyl/N-ethyl adjacent to an activating group) is 1. The smallest absolute Gasteiger partial charge is 0.323 e. The maximum atomic E-state index is 11.7. The van der Waals surface area contributed by atoms with E-state index in [-0.39, 0.29) is 18.1 Å². The Morgan fingerprint density at radius 3 is 3.00 bits per heavy atom. The fraction of sp³-hybridized carbons (Fsp3) is 0.923. The van der Waals surface area contributed by atoms with Crippen LogP contribution in [0.2, 0.25) is 0 Å². The van der Waals surface area contributed by atoms with Gasteiger partial charge in [-0.05, 0) is 25.9 Å². The van der Waals surface area contributed by atoms with E-state index in [0.29, 0.717) is 0 Å². The Morgan fingerprint density at radius 1 is 1.44 bits per heavy atom. The molecule has 0 spiro atoms. The molecule has 2 rings (SSSR count). The van der Waals surface area contributed by atoms with Crippen molar-refractivity contribution in [2.75, 3.05) is 46.4 Å². The van der Waals surface area contributed by atoms with Crippen LogP contribution in [-0.2, 0) is 14.3 Å². The molecular formula is C13H24N2O3. The molecule has 0 amide bonds. The second-order valence-electron chi connectivity index (χ2n) is 5.06. The van der Waals surface area contributed by atoms with Gasteiger partial charge >= 0.3 is 5.97 Å². The van der Waals surface area contributed by atoms with Gasteiger partial charge in [-0.25, -0.2) is 0 Å². The molecule has 0 bridgehead atoms. The van der Waals surface area contributed by atoms with E-state index in [0.717, 1.165) is 52.2 Å². The number of carbonyl (C=O) groups excluding carboxylic acids is 1. The normalized spacial score (nSPS) is 30.6. The Hall–Kier alpha value is -0.650. The molecule has 0 radical (unpaired) electrons. The molecule has 2 aliphatic rings. The summed E-state index contributed by atoms with van der Waals surface area (Å²) in [7, 11) is 1.47. The molecule has 2 atom stereocenters. The summed E-state index contributed by atoms with van der Waals surface area (Å²) in [6.45, 7) is 7.86. The highest BCUT2D eigenvalue weighted by Crippen LogP contribution is 2.20. The van der Waals surface area contributed by atoms with E-state index in [4.69, 9.17) is 9.47 Å².